The van der Waals surface area contributed by atoms with Gasteiger partial charge in [0.2, 0.25) is 0 Å². The van der Waals surface area contributed by atoms with Crippen molar-refractivity contribution in [3.05, 3.63) is 95.2 Å². The van der Waals surface area contributed by atoms with E-state index in [2.05, 4.69) is 10.6 Å². The first kappa shape index (κ1) is 22.1. The molecule has 2 aromatic carbocycles. The number of hydrogen-bond donors (Lipinski definition) is 3. The van der Waals surface area contributed by atoms with E-state index in [-0.39, 0.29) is 11.4 Å². The molecule has 5 nitrogen and oxygen atoms in total. The first-order valence-electron chi connectivity index (χ1n) is 10.1. The van der Waals surface area contributed by atoms with Gasteiger partial charge in [0.1, 0.15) is 5.50 Å². The molecular formula is C24H28ClN3O2. The number of hydrogen-bond acceptors (Lipinski definition) is 4. The predicted molar refractivity (Wildman–Crippen MR) is 121 cm³/mol. The third-order valence-corrected chi connectivity index (χ3v) is 5.26. The lowest BCUT2D eigenvalue weighted by molar-refractivity contribution is 0.0807. The molecule has 30 heavy (non-hydrogen) atoms. The fourth-order valence-electron chi connectivity index (χ4n) is 3.24. The number of amides is 1. The maximum absolute atomic E-state index is 12.7. The van der Waals surface area contributed by atoms with Gasteiger partial charge in [-0.1, -0.05) is 60.1 Å². The number of nitrogens with zero attached hydrogens (tertiary/aromatic N) is 1. The van der Waals surface area contributed by atoms with Crippen molar-refractivity contribution >= 4 is 17.5 Å². The Kier molecular flexibility index (Phi) is 8.08. The summed E-state index contributed by atoms with van der Waals surface area (Å²) in [6.07, 6.45) is 5.95. The van der Waals surface area contributed by atoms with Gasteiger partial charge in [-0.15, -0.1) is 0 Å². The van der Waals surface area contributed by atoms with Gasteiger partial charge < -0.3 is 20.6 Å². The van der Waals surface area contributed by atoms with Crippen molar-refractivity contribution < 1.29 is 9.90 Å². The van der Waals surface area contributed by atoms with Crippen LogP contribution < -0.4 is 10.6 Å². The SMILES string of the molecule is CN(CC1=CNC(Cl)C=C1)C(=O)c1ccc(CCNCC(O)c2ccccc2)cc1. The molecule has 0 saturated heterocycles. The lowest BCUT2D eigenvalue weighted by Gasteiger charge is -2.20. The minimum absolute atomic E-state index is 0.0204. The van der Waals surface area contributed by atoms with Crippen LogP contribution in [0.1, 0.15) is 27.6 Å². The van der Waals surface area contributed by atoms with Gasteiger partial charge in [0, 0.05) is 31.9 Å². The van der Waals surface area contributed by atoms with Gasteiger partial charge >= 0.3 is 0 Å². The van der Waals surface area contributed by atoms with Gasteiger partial charge in [-0.25, -0.2) is 0 Å². The Bertz CT molecular complexity index is 881. The van der Waals surface area contributed by atoms with Crippen molar-refractivity contribution in [2.24, 2.45) is 0 Å². The van der Waals surface area contributed by atoms with Crippen molar-refractivity contribution in [1.82, 2.24) is 15.5 Å². The number of nitrogens with one attached hydrogen (secondary N) is 2. The van der Waals surface area contributed by atoms with E-state index in [1.165, 1.54) is 0 Å². The molecule has 6 heteroatoms. The molecule has 1 heterocycles. The van der Waals surface area contributed by atoms with Crippen molar-refractivity contribution in [2.45, 2.75) is 18.0 Å². The molecule has 3 rings (SSSR count). The minimum atomic E-state index is -0.513. The molecule has 1 aliphatic rings. The summed E-state index contributed by atoms with van der Waals surface area (Å²) >= 11 is 5.94. The van der Waals surface area contributed by atoms with Crippen molar-refractivity contribution in [2.75, 3.05) is 26.7 Å². The maximum Gasteiger partial charge on any atom is 0.253 e. The third-order valence-electron chi connectivity index (χ3n) is 4.99. The third kappa shape index (κ3) is 6.46. The van der Waals surface area contributed by atoms with Gasteiger partial charge in [-0.2, -0.15) is 0 Å². The van der Waals surface area contributed by atoms with Gasteiger partial charge in [-0.05, 0) is 47.9 Å². The molecule has 0 radical (unpaired) electrons. The van der Waals surface area contributed by atoms with Crippen LogP contribution in [-0.2, 0) is 6.42 Å². The highest BCUT2D eigenvalue weighted by molar-refractivity contribution is 6.21. The summed E-state index contributed by atoms with van der Waals surface area (Å²) in [7, 11) is 1.79. The van der Waals surface area contributed by atoms with Crippen LogP contribution in [0.15, 0.2) is 78.5 Å². The van der Waals surface area contributed by atoms with E-state index in [9.17, 15) is 9.90 Å². The van der Waals surface area contributed by atoms with Crippen LogP contribution in [0, 0.1) is 0 Å². The molecule has 2 atom stereocenters. The molecule has 0 aliphatic carbocycles. The fourth-order valence-corrected chi connectivity index (χ4v) is 3.38. The molecule has 0 aromatic heterocycles. The zero-order chi connectivity index (χ0) is 21.3. The van der Waals surface area contributed by atoms with Gasteiger partial charge in [-0.3, -0.25) is 4.79 Å². The number of carbonyl (C=O) groups excluding carboxylic acids is 1. The van der Waals surface area contributed by atoms with E-state index < -0.39 is 6.10 Å². The van der Waals surface area contributed by atoms with Gasteiger partial charge in [0.15, 0.2) is 0 Å². The average Bonchev–Trinajstić information content (AvgIpc) is 2.78. The molecule has 2 aromatic rings. The zero-order valence-electron chi connectivity index (χ0n) is 17.1. The second-order valence-electron chi connectivity index (χ2n) is 7.39. The second-order valence-corrected chi connectivity index (χ2v) is 7.86. The van der Waals surface area contributed by atoms with Crippen molar-refractivity contribution in [3.8, 4) is 0 Å². The Morgan fingerprint density at radius 1 is 1.20 bits per heavy atom. The Labute approximate surface area is 183 Å². The Balaban J connectivity index is 1.43. The summed E-state index contributed by atoms with van der Waals surface area (Å²) in [6, 6.07) is 17.3. The minimum Gasteiger partial charge on any atom is -0.387 e. The number of aliphatic hydroxyl groups excluding tert-OH is 1. The summed E-state index contributed by atoms with van der Waals surface area (Å²) in [5.41, 5.74) is 3.53. The number of alkyl halides is 1. The quantitative estimate of drug-likeness (QED) is 0.328. The average molecular weight is 426 g/mol. The number of halogens is 1. The Hall–Kier alpha value is -2.60. The lowest BCUT2D eigenvalue weighted by atomic mass is 10.1. The summed E-state index contributed by atoms with van der Waals surface area (Å²) < 4.78 is 0. The number of dihydropyridines is 1. The van der Waals surface area contributed by atoms with Crippen LogP contribution in [0.25, 0.3) is 0 Å². The van der Waals surface area contributed by atoms with Crippen LogP contribution in [0.4, 0.5) is 0 Å². The second kappa shape index (κ2) is 11.0. The number of aliphatic hydroxyl groups is 1. The fraction of sp³-hybridized carbons (Fsp3) is 0.292. The highest BCUT2D eigenvalue weighted by atomic mass is 35.5. The number of rotatable bonds is 9. The van der Waals surface area contributed by atoms with E-state index in [0.717, 1.165) is 29.7 Å². The first-order valence-corrected chi connectivity index (χ1v) is 10.5. The van der Waals surface area contributed by atoms with E-state index in [0.29, 0.717) is 18.7 Å². The maximum atomic E-state index is 12.7. The standard InChI is InChI=1S/C24H28ClN3O2/c1-28(17-19-9-12-23(25)27-15-19)24(30)21-10-7-18(8-11-21)13-14-26-16-22(29)20-5-3-2-4-6-20/h2-12,15,22-23,26-27,29H,13-14,16-17H2,1H3. The molecule has 3 N–H and O–H groups in total. The van der Waals surface area contributed by atoms with Gasteiger partial charge in [0.05, 0.1) is 6.10 Å². The number of benzene rings is 2. The van der Waals surface area contributed by atoms with Crippen molar-refractivity contribution in [3.63, 3.8) is 0 Å². The Morgan fingerprint density at radius 3 is 2.60 bits per heavy atom. The van der Waals surface area contributed by atoms with Crippen LogP contribution >= 0.6 is 11.6 Å². The largest absolute Gasteiger partial charge is 0.387 e. The molecule has 158 valence electrons. The number of likely N-dealkylation sites (N-methyl/N-ethyl adjacent to an activating group) is 1. The molecule has 0 saturated carbocycles. The first-order chi connectivity index (χ1) is 14.5. The summed E-state index contributed by atoms with van der Waals surface area (Å²) in [5.74, 6) is -0.0204. The van der Waals surface area contributed by atoms with Crippen LogP contribution in [0.2, 0.25) is 0 Å². The van der Waals surface area contributed by atoms with Crippen LogP contribution in [0.5, 0.6) is 0 Å². The summed E-state index contributed by atoms with van der Waals surface area (Å²) in [4.78, 5) is 14.3. The zero-order valence-corrected chi connectivity index (χ0v) is 17.8. The highest BCUT2D eigenvalue weighted by Crippen LogP contribution is 2.13. The molecule has 0 spiro atoms. The molecular weight excluding hydrogens is 398 g/mol. The summed E-state index contributed by atoms with van der Waals surface area (Å²) in [5, 5.41) is 16.5. The Morgan fingerprint density at radius 2 is 1.93 bits per heavy atom. The van der Waals surface area contributed by atoms with E-state index in [4.69, 9.17) is 11.6 Å². The monoisotopic (exact) mass is 425 g/mol. The van der Waals surface area contributed by atoms with E-state index in [1.54, 1.807) is 11.9 Å². The van der Waals surface area contributed by atoms with Crippen LogP contribution in [0.3, 0.4) is 0 Å². The van der Waals surface area contributed by atoms with Crippen molar-refractivity contribution in [1.29, 1.82) is 0 Å². The number of carbonyl (C=O) groups is 1. The lowest BCUT2D eigenvalue weighted by Crippen LogP contribution is -2.30. The smallest absolute Gasteiger partial charge is 0.253 e. The predicted octanol–water partition coefficient (Wildman–Crippen LogP) is 3.23. The molecule has 2 unspecified atom stereocenters. The van der Waals surface area contributed by atoms with E-state index in [1.807, 2.05) is 72.9 Å². The van der Waals surface area contributed by atoms with Crippen LogP contribution in [-0.4, -0.2) is 48.1 Å². The molecule has 0 bridgehead atoms. The highest BCUT2D eigenvalue weighted by Gasteiger charge is 2.14. The summed E-state index contributed by atoms with van der Waals surface area (Å²) in [6.45, 7) is 1.78. The molecule has 0 fully saturated rings. The van der Waals surface area contributed by atoms with E-state index >= 15 is 0 Å². The topological polar surface area (TPSA) is 64.6 Å². The van der Waals surface area contributed by atoms with Gasteiger partial charge in [0.25, 0.3) is 5.91 Å². The normalized spacial score (nSPS) is 16.5. The molecule has 1 amide bonds. The molecule has 1 aliphatic heterocycles.